The summed E-state index contributed by atoms with van der Waals surface area (Å²) >= 11 is 0. The molecule has 0 saturated carbocycles. The van der Waals surface area contributed by atoms with Crippen LogP contribution < -0.4 is 0 Å². The molecule has 30 heavy (non-hydrogen) atoms. The van der Waals surface area contributed by atoms with Crippen molar-refractivity contribution >= 4 is 16.7 Å². The van der Waals surface area contributed by atoms with Crippen molar-refractivity contribution in [3.63, 3.8) is 0 Å². The maximum atomic E-state index is 14.8. The summed E-state index contributed by atoms with van der Waals surface area (Å²) in [7, 11) is 0. The number of nitrogens with zero attached hydrogens (tertiary/aromatic N) is 2. The van der Waals surface area contributed by atoms with Crippen LogP contribution in [0.15, 0.2) is 82.4 Å². The molecule has 3 aromatic carbocycles. The molecular formula is C25H21FN2O2. The zero-order valence-electron chi connectivity index (χ0n) is 16.4. The average Bonchev–Trinajstić information content (AvgIpc) is 3.15. The fourth-order valence-electron chi connectivity index (χ4n) is 3.86. The third kappa shape index (κ3) is 3.48. The van der Waals surface area contributed by atoms with Crippen molar-refractivity contribution in [1.29, 1.82) is 0 Å². The van der Waals surface area contributed by atoms with Gasteiger partial charge in [0.05, 0.1) is 5.56 Å². The summed E-state index contributed by atoms with van der Waals surface area (Å²) in [5.74, 6) is 0.201. The molecule has 0 spiro atoms. The van der Waals surface area contributed by atoms with Gasteiger partial charge in [-0.1, -0.05) is 41.6 Å². The Morgan fingerprint density at radius 1 is 0.967 bits per heavy atom. The lowest BCUT2D eigenvalue weighted by molar-refractivity contribution is 0.172. The van der Waals surface area contributed by atoms with Crippen molar-refractivity contribution in [1.82, 2.24) is 4.90 Å². The minimum atomic E-state index is -0.283. The molecule has 1 N–H and O–H groups in total. The Balaban J connectivity index is 1.47. The standard InChI is InChI=1S/C25H21FN2O2/c26-22-13-17(16-28-11-4-12-28)7-9-21(22)24-15-20-14-19(8-10-23(20)30-24)25(27-29)18-5-2-1-3-6-18/h1-3,5-10,13-15,29H,4,11-12,16H2. The Hall–Kier alpha value is -3.44. The van der Waals surface area contributed by atoms with Crippen LogP contribution in [0, 0.1) is 5.82 Å². The van der Waals surface area contributed by atoms with Crippen LogP contribution in [0.2, 0.25) is 0 Å². The first-order valence-corrected chi connectivity index (χ1v) is 10.0. The van der Waals surface area contributed by atoms with Gasteiger partial charge >= 0.3 is 0 Å². The fraction of sp³-hybridized carbons (Fsp3) is 0.160. The maximum absolute atomic E-state index is 14.8. The van der Waals surface area contributed by atoms with Crippen LogP contribution in [0.5, 0.6) is 0 Å². The molecule has 2 heterocycles. The van der Waals surface area contributed by atoms with E-state index < -0.39 is 0 Å². The van der Waals surface area contributed by atoms with Crippen LogP contribution in [-0.2, 0) is 6.54 Å². The van der Waals surface area contributed by atoms with Crippen molar-refractivity contribution in [2.75, 3.05) is 13.1 Å². The Kier molecular flexibility index (Phi) is 4.81. The first-order chi connectivity index (χ1) is 14.7. The highest BCUT2D eigenvalue weighted by molar-refractivity contribution is 6.13. The average molecular weight is 400 g/mol. The third-order valence-electron chi connectivity index (χ3n) is 5.59. The van der Waals surface area contributed by atoms with Gasteiger partial charge in [0.2, 0.25) is 0 Å². The SMILES string of the molecule is ON=C(c1ccccc1)c1ccc2oc(-c3ccc(CN4CCC4)cc3F)cc2c1. The predicted molar refractivity (Wildman–Crippen MR) is 115 cm³/mol. The van der Waals surface area contributed by atoms with Crippen LogP contribution in [0.4, 0.5) is 4.39 Å². The summed E-state index contributed by atoms with van der Waals surface area (Å²) in [6, 6.07) is 22.2. The first-order valence-electron chi connectivity index (χ1n) is 10.0. The second-order valence-electron chi connectivity index (χ2n) is 7.62. The number of halogens is 1. The minimum Gasteiger partial charge on any atom is -0.456 e. The number of hydrogen-bond acceptors (Lipinski definition) is 4. The van der Waals surface area contributed by atoms with E-state index in [-0.39, 0.29) is 5.82 Å². The summed E-state index contributed by atoms with van der Waals surface area (Å²) in [5.41, 5.74) is 4.12. The highest BCUT2D eigenvalue weighted by atomic mass is 19.1. The summed E-state index contributed by atoms with van der Waals surface area (Å²) in [5, 5.41) is 13.9. The lowest BCUT2D eigenvalue weighted by Gasteiger charge is -2.30. The number of fused-ring (bicyclic) bond motifs is 1. The van der Waals surface area contributed by atoms with Gasteiger partial charge in [0.1, 0.15) is 22.9 Å². The van der Waals surface area contributed by atoms with Gasteiger partial charge in [-0.2, -0.15) is 0 Å². The minimum absolute atomic E-state index is 0.283. The first kappa shape index (κ1) is 18.6. The van der Waals surface area contributed by atoms with Gasteiger partial charge in [0.15, 0.2) is 0 Å². The van der Waals surface area contributed by atoms with Crippen LogP contribution in [0.1, 0.15) is 23.1 Å². The number of rotatable bonds is 5. The Labute approximate surface area is 173 Å². The normalized spacial score (nSPS) is 14.8. The highest BCUT2D eigenvalue weighted by Gasteiger charge is 2.17. The maximum Gasteiger partial charge on any atom is 0.138 e. The van der Waals surface area contributed by atoms with Gasteiger partial charge < -0.3 is 9.62 Å². The zero-order valence-corrected chi connectivity index (χ0v) is 16.4. The number of hydrogen-bond donors (Lipinski definition) is 1. The quantitative estimate of drug-likeness (QED) is 0.267. The molecule has 4 nitrogen and oxygen atoms in total. The number of oxime groups is 1. The molecule has 1 aromatic heterocycles. The lowest BCUT2D eigenvalue weighted by atomic mass is 10.0. The lowest BCUT2D eigenvalue weighted by Crippen LogP contribution is -2.36. The molecule has 150 valence electrons. The van der Waals surface area contributed by atoms with E-state index in [0.29, 0.717) is 22.6 Å². The Morgan fingerprint density at radius 2 is 1.80 bits per heavy atom. The number of benzene rings is 3. The Bertz CT molecular complexity index is 1230. The molecule has 0 amide bonds. The smallest absolute Gasteiger partial charge is 0.138 e. The molecule has 1 aliphatic heterocycles. The molecule has 0 atom stereocenters. The third-order valence-corrected chi connectivity index (χ3v) is 5.59. The van der Waals surface area contributed by atoms with Gasteiger partial charge in [-0.15, -0.1) is 0 Å². The summed E-state index contributed by atoms with van der Waals surface area (Å²) < 4.78 is 20.7. The Morgan fingerprint density at radius 3 is 2.50 bits per heavy atom. The van der Waals surface area contributed by atoms with Crippen molar-refractivity contribution < 1.29 is 14.0 Å². The monoisotopic (exact) mass is 400 g/mol. The van der Waals surface area contributed by atoms with Crippen molar-refractivity contribution in [3.8, 4) is 11.3 Å². The van der Waals surface area contributed by atoms with E-state index in [4.69, 9.17) is 4.42 Å². The van der Waals surface area contributed by atoms with Crippen molar-refractivity contribution in [3.05, 3.63) is 95.3 Å². The second-order valence-corrected chi connectivity index (χ2v) is 7.62. The van der Waals surface area contributed by atoms with Crippen LogP contribution in [0.3, 0.4) is 0 Å². The van der Waals surface area contributed by atoms with Crippen molar-refractivity contribution in [2.24, 2.45) is 5.16 Å². The van der Waals surface area contributed by atoms with Gasteiger partial charge in [0.25, 0.3) is 0 Å². The highest BCUT2D eigenvalue weighted by Crippen LogP contribution is 2.31. The van der Waals surface area contributed by atoms with E-state index in [9.17, 15) is 9.60 Å². The molecule has 1 saturated heterocycles. The van der Waals surface area contributed by atoms with Gasteiger partial charge in [-0.3, -0.25) is 4.90 Å². The molecule has 0 aliphatic carbocycles. The zero-order chi connectivity index (χ0) is 20.5. The van der Waals surface area contributed by atoms with Crippen molar-refractivity contribution in [2.45, 2.75) is 13.0 Å². The van der Waals surface area contributed by atoms with E-state index in [1.165, 1.54) is 6.42 Å². The largest absolute Gasteiger partial charge is 0.456 e. The van der Waals surface area contributed by atoms with E-state index in [2.05, 4.69) is 10.1 Å². The molecule has 0 radical (unpaired) electrons. The summed E-state index contributed by atoms with van der Waals surface area (Å²) in [6.07, 6.45) is 1.22. The van der Waals surface area contributed by atoms with E-state index in [1.807, 2.05) is 60.7 Å². The van der Waals surface area contributed by atoms with Gasteiger partial charge in [-0.25, -0.2) is 4.39 Å². The molecule has 0 unspecified atom stereocenters. The molecule has 5 heteroatoms. The molecule has 4 aromatic rings. The van der Waals surface area contributed by atoms with E-state index in [0.717, 1.165) is 41.7 Å². The summed E-state index contributed by atoms with van der Waals surface area (Å²) in [4.78, 5) is 2.30. The molecule has 5 rings (SSSR count). The molecule has 1 fully saturated rings. The van der Waals surface area contributed by atoms with Crippen LogP contribution in [-0.4, -0.2) is 28.9 Å². The molecule has 0 bridgehead atoms. The van der Waals surface area contributed by atoms with Gasteiger partial charge in [0, 0.05) is 23.1 Å². The number of likely N-dealkylation sites (tertiary alicyclic amines) is 1. The van der Waals surface area contributed by atoms with E-state index in [1.54, 1.807) is 12.1 Å². The topological polar surface area (TPSA) is 49.0 Å². The number of furan rings is 1. The summed E-state index contributed by atoms with van der Waals surface area (Å²) in [6.45, 7) is 2.94. The fourth-order valence-corrected chi connectivity index (χ4v) is 3.86. The molecule has 1 aliphatic rings. The predicted octanol–water partition coefficient (Wildman–Crippen LogP) is 5.67. The van der Waals surface area contributed by atoms with Crippen LogP contribution in [0.25, 0.3) is 22.3 Å². The van der Waals surface area contributed by atoms with Gasteiger partial charge in [-0.05, 0) is 61.5 Å². The second kappa shape index (κ2) is 7.76. The molecular weight excluding hydrogens is 379 g/mol. The van der Waals surface area contributed by atoms with Crippen LogP contribution >= 0.6 is 0 Å². The van der Waals surface area contributed by atoms with E-state index >= 15 is 0 Å².